The Morgan fingerprint density at radius 1 is 0.871 bits per heavy atom. The molecule has 3 aromatic rings. The van der Waals surface area contributed by atoms with Crippen molar-refractivity contribution in [2.45, 2.75) is 20.5 Å². The van der Waals surface area contributed by atoms with E-state index in [2.05, 4.69) is 10.5 Å². The Morgan fingerprint density at radius 3 is 2.29 bits per heavy atom. The molecule has 3 rings (SSSR count). The number of carbonyl (C=O) groups excluding carboxylic acids is 1. The molecule has 0 bridgehead atoms. The fourth-order valence-corrected chi connectivity index (χ4v) is 2.81. The predicted molar refractivity (Wildman–Crippen MR) is 121 cm³/mol. The van der Waals surface area contributed by atoms with Crippen molar-refractivity contribution < 1.29 is 19.0 Å². The SMILES string of the molecule is CCOc1ccc(C(=O)N/N=C/c2ccc(OCc3ccccc3)cc2)cc1OCC. The normalized spacial score (nSPS) is 10.6. The van der Waals surface area contributed by atoms with E-state index in [-0.39, 0.29) is 5.91 Å². The van der Waals surface area contributed by atoms with Gasteiger partial charge in [-0.2, -0.15) is 5.10 Å². The van der Waals surface area contributed by atoms with Crippen molar-refractivity contribution in [1.29, 1.82) is 0 Å². The van der Waals surface area contributed by atoms with Gasteiger partial charge < -0.3 is 14.2 Å². The number of hydrazone groups is 1. The van der Waals surface area contributed by atoms with Crippen molar-refractivity contribution in [2.75, 3.05) is 13.2 Å². The summed E-state index contributed by atoms with van der Waals surface area (Å²) in [4.78, 5) is 12.4. The maximum absolute atomic E-state index is 12.4. The molecule has 160 valence electrons. The molecule has 1 N–H and O–H groups in total. The number of ether oxygens (including phenoxy) is 3. The molecular weight excluding hydrogens is 392 g/mol. The van der Waals surface area contributed by atoms with Crippen molar-refractivity contribution in [3.63, 3.8) is 0 Å². The average molecular weight is 418 g/mol. The van der Waals surface area contributed by atoms with Gasteiger partial charge in [-0.1, -0.05) is 30.3 Å². The smallest absolute Gasteiger partial charge is 0.271 e. The molecule has 0 saturated carbocycles. The van der Waals surface area contributed by atoms with Gasteiger partial charge in [-0.05, 0) is 67.4 Å². The van der Waals surface area contributed by atoms with Gasteiger partial charge in [0.15, 0.2) is 11.5 Å². The molecule has 6 heteroatoms. The molecule has 0 heterocycles. The summed E-state index contributed by atoms with van der Waals surface area (Å²) in [6, 6.07) is 22.5. The van der Waals surface area contributed by atoms with Crippen LogP contribution in [0.4, 0.5) is 0 Å². The Kier molecular flexibility index (Phi) is 8.05. The highest BCUT2D eigenvalue weighted by Crippen LogP contribution is 2.28. The number of benzene rings is 3. The molecule has 3 aromatic carbocycles. The molecule has 0 aromatic heterocycles. The van der Waals surface area contributed by atoms with Gasteiger partial charge in [-0.15, -0.1) is 0 Å². The third-order valence-electron chi connectivity index (χ3n) is 4.31. The highest BCUT2D eigenvalue weighted by molar-refractivity contribution is 5.95. The molecule has 0 spiro atoms. The lowest BCUT2D eigenvalue weighted by Gasteiger charge is -2.11. The van der Waals surface area contributed by atoms with E-state index in [1.54, 1.807) is 24.4 Å². The van der Waals surface area contributed by atoms with Crippen LogP contribution in [0.2, 0.25) is 0 Å². The highest BCUT2D eigenvalue weighted by atomic mass is 16.5. The zero-order valence-corrected chi connectivity index (χ0v) is 17.7. The molecule has 0 aliphatic rings. The summed E-state index contributed by atoms with van der Waals surface area (Å²) in [5.41, 5.74) is 4.92. The van der Waals surface area contributed by atoms with Gasteiger partial charge in [-0.25, -0.2) is 5.43 Å². The van der Waals surface area contributed by atoms with Crippen LogP contribution in [0.15, 0.2) is 77.9 Å². The molecule has 1 amide bonds. The van der Waals surface area contributed by atoms with Crippen molar-refractivity contribution in [1.82, 2.24) is 5.43 Å². The van der Waals surface area contributed by atoms with Crippen molar-refractivity contribution in [3.8, 4) is 17.2 Å². The van der Waals surface area contributed by atoms with Gasteiger partial charge in [0.2, 0.25) is 0 Å². The first-order chi connectivity index (χ1) is 15.2. The van der Waals surface area contributed by atoms with E-state index in [0.717, 1.165) is 16.9 Å². The Morgan fingerprint density at radius 2 is 1.58 bits per heavy atom. The van der Waals surface area contributed by atoms with Crippen LogP contribution < -0.4 is 19.6 Å². The molecule has 0 aliphatic carbocycles. The summed E-state index contributed by atoms with van der Waals surface area (Å²) in [5.74, 6) is 1.58. The third-order valence-corrected chi connectivity index (χ3v) is 4.31. The van der Waals surface area contributed by atoms with E-state index in [0.29, 0.717) is 36.9 Å². The lowest BCUT2D eigenvalue weighted by molar-refractivity contribution is 0.0954. The quantitative estimate of drug-likeness (QED) is 0.378. The Hall–Kier alpha value is -3.80. The lowest BCUT2D eigenvalue weighted by atomic mass is 10.2. The summed E-state index contributed by atoms with van der Waals surface area (Å²) in [7, 11) is 0. The van der Waals surface area contributed by atoms with E-state index in [1.807, 2.05) is 68.4 Å². The molecule has 0 saturated heterocycles. The minimum Gasteiger partial charge on any atom is -0.490 e. The van der Waals surface area contributed by atoms with Gasteiger partial charge in [0, 0.05) is 5.56 Å². The average Bonchev–Trinajstić information content (AvgIpc) is 2.80. The fourth-order valence-electron chi connectivity index (χ4n) is 2.81. The number of carbonyl (C=O) groups is 1. The molecule has 0 atom stereocenters. The fraction of sp³-hybridized carbons (Fsp3) is 0.200. The standard InChI is InChI=1S/C25H26N2O4/c1-3-29-23-15-12-21(16-24(23)30-4-2)25(28)27-26-17-19-10-13-22(14-11-19)31-18-20-8-6-5-7-9-20/h5-17H,3-4,18H2,1-2H3,(H,27,28)/b26-17+. The molecule has 6 nitrogen and oxygen atoms in total. The van der Waals surface area contributed by atoms with Crippen LogP contribution in [0.5, 0.6) is 17.2 Å². The maximum Gasteiger partial charge on any atom is 0.271 e. The molecule has 0 unspecified atom stereocenters. The van der Waals surface area contributed by atoms with Gasteiger partial charge in [0.05, 0.1) is 19.4 Å². The summed E-state index contributed by atoms with van der Waals surface area (Å²) in [6.07, 6.45) is 1.58. The van der Waals surface area contributed by atoms with Crippen LogP contribution in [0.1, 0.15) is 35.3 Å². The van der Waals surface area contributed by atoms with E-state index in [1.165, 1.54) is 0 Å². The highest BCUT2D eigenvalue weighted by Gasteiger charge is 2.11. The summed E-state index contributed by atoms with van der Waals surface area (Å²) < 4.78 is 16.8. The van der Waals surface area contributed by atoms with Crippen LogP contribution in [-0.4, -0.2) is 25.3 Å². The first-order valence-electron chi connectivity index (χ1n) is 10.2. The maximum atomic E-state index is 12.4. The lowest BCUT2D eigenvalue weighted by Crippen LogP contribution is -2.17. The van der Waals surface area contributed by atoms with Gasteiger partial charge in [0.25, 0.3) is 5.91 Å². The van der Waals surface area contributed by atoms with E-state index in [9.17, 15) is 4.79 Å². The minimum atomic E-state index is -0.330. The molecule has 0 radical (unpaired) electrons. The second-order valence-electron chi connectivity index (χ2n) is 6.57. The molecular formula is C25H26N2O4. The Labute approximate surface area is 182 Å². The minimum absolute atomic E-state index is 0.330. The number of amides is 1. The number of hydrogen-bond acceptors (Lipinski definition) is 5. The largest absolute Gasteiger partial charge is 0.490 e. The van der Waals surface area contributed by atoms with Crippen LogP contribution in [0.3, 0.4) is 0 Å². The van der Waals surface area contributed by atoms with Crippen LogP contribution in [-0.2, 0) is 6.61 Å². The monoisotopic (exact) mass is 418 g/mol. The first kappa shape index (κ1) is 21.9. The van der Waals surface area contributed by atoms with Gasteiger partial charge >= 0.3 is 0 Å². The third kappa shape index (κ3) is 6.60. The Bertz CT molecular complexity index is 1000. The number of nitrogens with one attached hydrogen (secondary N) is 1. The van der Waals surface area contributed by atoms with Gasteiger partial charge in [-0.3, -0.25) is 4.79 Å². The predicted octanol–water partition coefficient (Wildman–Crippen LogP) is 4.83. The summed E-state index contributed by atoms with van der Waals surface area (Å²) in [5, 5.41) is 4.04. The number of hydrogen-bond donors (Lipinski definition) is 1. The molecule has 0 aliphatic heterocycles. The Balaban J connectivity index is 1.55. The van der Waals surface area contributed by atoms with E-state index < -0.39 is 0 Å². The van der Waals surface area contributed by atoms with Crippen LogP contribution in [0, 0.1) is 0 Å². The molecule has 0 fully saturated rings. The second-order valence-corrected chi connectivity index (χ2v) is 6.57. The molecule has 31 heavy (non-hydrogen) atoms. The zero-order valence-electron chi connectivity index (χ0n) is 17.7. The summed E-state index contributed by atoms with van der Waals surface area (Å²) in [6.45, 7) is 5.29. The van der Waals surface area contributed by atoms with E-state index in [4.69, 9.17) is 14.2 Å². The zero-order chi connectivity index (χ0) is 21.9. The van der Waals surface area contributed by atoms with Crippen molar-refractivity contribution >= 4 is 12.1 Å². The van der Waals surface area contributed by atoms with Crippen molar-refractivity contribution in [3.05, 3.63) is 89.5 Å². The first-order valence-corrected chi connectivity index (χ1v) is 10.2. The van der Waals surface area contributed by atoms with Crippen molar-refractivity contribution in [2.24, 2.45) is 5.10 Å². The summed E-state index contributed by atoms with van der Waals surface area (Å²) >= 11 is 0. The number of nitrogens with zero attached hydrogens (tertiary/aromatic N) is 1. The second kappa shape index (κ2) is 11.4. The van der Waals surface area contributed by atoms with Crippen LogP contribution >= 0.6 is 0 Å². The topological polar surface area (TPSA) is 69.2 Å². The van der Waals surface area contributed by atoms with Crippen LogP contribution in [0.25, 0.3) is 0 Å². The number of rotatable bonds is 10. The van der Waals surface area contributed by atoms with E-state index >= 15 is 0 Å². The van der Waals surface area contributed by atoms with Gasteiger partial charge in [0.1, 0.15) is 12.4 Å².